The van der Waals surface area contributed by atoms with E-state index in [0.29, 0.717) is 31.0 Å². The van der Waals surface area contributed by atoms with Crippen LogP contribution in [0.25, 0.3) is 0 Å². The van der Waals surface area contributed by atoms with Crippen LogP contribution in [0.1, 0.15) is 58.6 Å². The minimum atomic E-state index is -0.578. The average molecular weight is 433 g/mol. The molecule has 7 nitrogen and oxygen atoms in total. The molecule has 0 radical (unpaired) electrons. The SMILES string of the molecule is O=C1CCC(N2Cc3cc(CNc4ccccc4C4CCNCC4)ccc3C2=O)C(=O)N1. The molecule has 3 amide bonds. The molecule has 0 saturated carbocycles. The van der Waals surface area contributed by atoms with Gasteiger partial charge in [-0.1, -0.05) is 30.3 Å². The molecule has 1 atom stereocenters. The minimum absolute atomic E-state index is 0.134. The van der Waals surface area contributed by atoms with Crippen LogP contribution in [-0.2, 0) is 22.7 Å². The highest BCUT2D eigenvalue weighted by atomic mass is 16.2. The maximum atomic E-state index is 12.9. The summed E-state index contributed by atoms with van der Waals surface area (Å²) in [4.78, 5) is 38.2. The van der Waals surface area contributed by atoms with E-state index < -0.39 is 6.04 Å². The fourth-order valence-electron chi connectivity index (χ4n) is 5.08. The molecule has 0 aromatic heterocycles. The third kappa shape index (κ3) is 4.00. The first-order chi connectivity index (χ1) is 15.6. The number of amides is 3. The molecule has 0 spiro atoms. The van der Waals surface area contributed by atoms with Gasteiger partial charge in [0.25, 0.3) is 5.91 Å². The fraction of sp³-hybridized carbons (Fsp3) is 0.400. The van der Waals surface area contributed by atoms with Crippen molar-refractivity contribution in [3.8, 4) is 0 Å². The van der Waals surface area contributed by atoms with E-state index >= 15 is 0 Å². The van der Waals surface area contributed by atoms with Gasteiger partial charge in [0.1, 0.15) is 6.04 Å². The van der Waals surface area contributed by atoms with Crippen LogP contribution < -0.4 is 16.0 Å². The number of nitrogens with zero attached hydrogens (tertiary/aromatic N) is 1. The first-order valence-electron chi connectivity index (χ1n) is 11.4. The third-order valence-corrected chi connectivity index (χ3v) is 6.81. The average Bonchev–Trinajstić information content (AvgIpc) is 3.14. The Labute approximate surface area is 187 Å². The predicted octanol–water partition coefficient (Wildman–Crippen LogP) is 2.53. The normalized spacial score (nSPS) is 21.4. The molecule has 3 heterocycles. The number of rotatable bonds is 5. The zero-order valence-electron chi connectivity index (χ0n) is 18.0. The molecule has 32 heavy (non-hydrogen) atoms. The van der Waals surface area contributed by atoms with E-state index in [0.717, 1.165) is 37.1 Å². The first-order valence-corrected chi connectivity index (χ1v) is 11.4. The fourth-order valence-corrected chi connectivity index (χ4v) is 5.08. The summed E-state index contributed by atoms with van der Waals surface area (Å²) in [5.41, 5.74) is 5.22. The Bertz CT molecular complexity index is 1060. The van der Waals surface area contributed by atoms with Crippen molar-refractivity contribution in [3.63, 3.8) is 0 Å². The molecule has 7 heteroatoms. The van der Waals surface area contributed by atoms with Crippen molar-refractivity contribution < 1.29 is 14.4 Å². The lowest BCUT2D eigenvalue weighted by atomic mass is 9.89. The zero-order chi connectivity index (χ0) is 22.1. The van der Waals surface area contributed by atoms with E-state index in [4.69, 9.17) is 0 Å². The van der Waals surface area contributed by atoms with Crippen molar-refractivity contribution in [1.82, 2.24) is 15.5 Å². The Balaban J connectivity index is 1.28. The number of fused-ring (bicyclic) bond motifs is 1. The summed E-state index contributed by atoms with van der Waals surface area (Å²) < 4.78 is 0. The highest BCUT2D eigenvalue weighted by Crippen LogP contribution is 2.32. The van der Waals surface area contributed by atoms with Gasteiger partial charge in [-0.15, -0.1) is 0 Å². The van der Waals surface area contributed by atoms with Crippen LogP contribution in [0, 0.1) is 0 Å². The number of para-hydroxylation sites is 1. The summed E-state index contributed by atoms with van der Waals surface area (Å²) in [5.74, 6) is -0.211. The number of nitrogens with one attached hydrogen (secondary N) is 3. The van der Waals surface area contributed by atoms with Crippen molar-refractivity contribution in [1.29, 1.82) is 0 Å². The van der Waals surface area contributed by atoms with E-state index in [1.807, 2.05) is 12.1 Å². The van der Waals surface area contributed by atoms with Crippen LogP contribution in [0.15, 0.2) is 42.5 Å². The topological polar surface area (TPSA) is 90.5 Å². The second-order valence-corrected chi connectivity index (χ2v) is 8.86. The van der Waals surface area contributed by atoms with Gasteiger partial charge in [-0.3, -0.25) is 19.7 Å². The molecule has 2 aromatic rings. The van der Waals surface area contributed by atoms with Gasteiger partial charge >= 0.3 is 0 Å². The summed E-state index contributed by atoms with van der Waals surface area (Å²) >= 11 is 0. The molecule has 3 aliphatic rings. The number of anilines is 1. The van der Waals surface area contributed by atoms with E-state index in [9.17, 15) is 14.4 Å². The first kappa shape index (κ1) is 20.7. The monoisotopic (exact) mass is 432 g/mol. The molecule has 0 bridgehead atoms. The van der Waals surface area contributed by atoms with Crippen LogP contribution in [0.2, 0.25) is 0 Å². The lowest BCUT2D eigenvalue weighted by Gasteiger charge is -2.29. The van der Waals surface area contributed by atoms with E-state index in [2.05, 4.69) is 46.3 Å². The summed E-state index contributed by atoms with van der Waals surface area (Å²) in [5, 5.41) is 9.37. The molecule has 5 rings (SSSR count). The molecule has 3 aliphatic heterocycles. The molecular formula is C25H28N4O3. The Morgan fingerprint density at radius 3 is 2.62 bits per heavy atom. The maximum Gasteiger partial charge on any atom is 0.255 e. The zero-order valence-corrected chi connectivity index (χ0v) is 18.0. The Morgan fingerprint density at radius 1 is 1.00 bits per heavy atom. The number of imide groups is 1. The van der Waals surface area contributed by atoms with Gasteiger partial charge < -0.3 is 15.5 Å². The standard InChI is InChI=1S/C25H28N4O3/c30-23-8-7-22(24(31)28-23)29-15-18-13-16(5-6-20(18)25(29)32)14-27-21-4-2-1-3-19(21)17-9-11-26-12-10-17/h1-6,13,17,22,26-27H,7-12,14-15H2,(H,28,30,31). The number of carbonyl (C=O) groups is 3. The van der Waals surface area contributed by atoms with Crippen molar-refractivity contribution in [2.45, 2.75) is 50.7 Å². The van der Waals surface area contributed by atoms with Crippen LogP contribution in [0.5, 0.6) is 0 Å². The Hall–Kier alpha value is -3.19. The maximum absolute atomic E-state index is 12.9. The predicted molar refractivity (Wildman–Crippen MR) is 121 cm³/mol. The van der Waals surface area contributed by atoms with Gasteiger partial charge in [0.2, 0.25) is 11.8 Å². The van der Waals surface area contributed by atoms with Gasteiger partial charge in [-0.25, -0.2) is 0 Å². The molecule has 0 aliphatic carbocycles. The van der Waals surface area contributed by atoms with Crippen molar-refractivity contribution in [2.24, 2.45) is 0 Å². The van der Waals surface area contributed by atoms with E-state index in [-0.39, 0.29) is 24.1 Å². The van der Waals surface area contributed by atoms with Gasteiger partial charge in [0.05, 0.1) is 0 Å². The third-order valence-electron chi connectivity index (χ3n) is 6.81. The second kappa shape index (κ2) is 8.74. The van der Waals surface area contributed by atoms with Crippen molar-refractivity contribution >= 4 is 23.4 Å². The number of carbonyl (C=O) groups excluding carboxylic acids is 3. The van der Waals surface area contributed by atoms with Gasteiger partial charge in [-0.2, -0.15) is 0 Å². The van der Waals surface area contributed by atoms with E-state index in [1.54, 1.807) is 4.90 Å². The number of hydrogen-bond acceptors (Lipinski definition) is 5. The molecule has 2 aromatic carbocycles. The van der Waals surface area contributed by atoms with Gasteiger partial charge in [-0.05, 0) is 67.1 Å². The highest BCUT2D eigenvalue weighted by Gasteiger charge is 2.39. The highest BCUT2D eigenvalue weighted by molar-refractivity contribution is 6.05. The lowest BCUT2D eigenvalue weighted by molar-refractivity contribution is -0.136. The summed E-state index contributed by atoms with van der Waals surface area (Å²) in [6.45, 7) is 3.19. The number of benzene rings is 2. The van der Waals surface area contributed by atoms with Crippen LogP contribution >= 0.6 is 0 Å². The number of hydrogen-bond donors (Lipinski definition) is 3. The smallest absolute Gasteiger partial charge is 0.255 e. The summed E-state index contributed by atoms with van der Waals surface area (Å²) in [7, 11) is 0. The molecular weight excluding hydrogens is 404 g/mol. The van der Waals surface area contributed by atoms with Gasteiger partial charge in [0, 0.05) is 30.8 Å². The van der Waals surface area contributed by atoms with Crippen molar-refractivity contribution in [3.05, 3.63) is 64.7 Å². The van der Waals surface area contributed by atoms with Crippen LogP contribution in [-0.4, -0.2) is 41.8 Å². The van der Waals surface area contributed by atoms with Crippen molar-refractivity contribution in [2.75, 3.05) is 18.4 Å². The molecule has 3 N–H and O–H groups in total. The quantitative estimate of drug-likeness (QED) is 0.632. The molecule has 2 saturated heterocycles. The second-order valence-electron chi connectivity index (χ2n) is 8.86. The molecule has 1 unspecified atom stereocenters. The molecule has 166 valence electrons. The number of piperidine rings is 2. The summed E-state index contributed by atoms with van der Waals surface area (Å²) in [6, 6.07) is 13.8. The minimum Gasteiger partial charge on any atom is -0.381 e. The Morgan fingerprint density at radius 2 is 1.81 bits per heavy atom. The van der Waals surface area contributed by atoms with Crippen LogP contribution in [0.4, 0.5) is 5.69 Å². The largest absolute Gasteiger partial charge is 0.381 e. The Kier molecular flexibility index (Phi) is 5.66. The van der Waals surface area contributed by atoms with E-state index in [1.165, 1.54) is 11.3 Å². The lowest BCUT2D eigenvalue weighted by Crippen LogP contribution is -2.52. The summed E-state index contributed by atoms with van der Waals surface area (Å²) in [6.07, 6.45) is 2.94. The van der Waals surface area contributed by atoms with Crippen LogP contribution in [0.3, 0.4) is 0 Å². The van der Waals surface area contributed by atoms with Gasteiger partial charge in [0.15, 0.2) is 0 Å². The molecule has 2 fully saturated rings.